The van der Waals surface area contributed by atoms with Crippen molar-refractivity contribution < 1.29 is 24.3 Å². The molecule has 0 saturated carbocycles. The Morgan fingerprint density at radius 3 is 2.76 bits per heavy atom. The van der Waals surface area contributed by atoms with Gasteiger partial charge in [0.25, 0.3) is 5.69 Å². The third-order valence-corrected chi connectivity index (χ3v) is 6.26. The number of anilines is 2. The summed E-state index contributed by atoms with van der Waals surface area (Å²) in [6, 6.07) is 14.2. The lowest BCUT2D eigenvalue weighted by molar-refractivity contribution is -0.384. The van der Waals surface area contributed by atoms with Crippen molar-refractivity contribution in [1.29, 1.82) is 0 Å². The number of nitrogens with one attached hydrogen (secondary N) is 1. The van der Waals surface area contributed by atoms with E-state index in [9.17, 15) is 14.9 Å². The van der Waals surface area contributed by atoms with Gasteiger partial charge in [-0.05, 0) is 29.8 Å². The number of aromatic nitrogens is 1. The predicted molar refractivity (Wildman–Crippen MR) is 125 cm³/mol. The maximum Gasteiger partial charge on any atom is 0.407 e. The van der Waals surface area contributed by atoms with Crippen molar-refractivity contribution in [2.45, 2.75) is 12.8 Å². The van der Waals surface area contributed by atoms with Gasteiger partial charge in [-0.25, -0.2) is 9.78 Å². The highest BCUT2D eigenvalue weighted by molar-refractivity contribution is 5.85. The number of nitro benzene ring substituents is 1. The van der Waals surface area contributed by atoms with Crippen molar-refractivity contribution >= 4 is 34.2 Å². The second-order valence-corrected chi connectivity index (χ2v) is 9.15. The van der Waals surface area contributed by atoms with Crippen LogP contribution in [0.4, 0.5) is 22.0 Å². The van der Waals surface area contributed by atoms with E-state index in [0.29, 0.717) is 50.2 Å². The van der Waals surface area contributed by atoms with Gasteiger partial charge in [0.2, 0.25) is 0 Å². The maximum atomic E-state index is 11.7. The van der Waals surface area contributed by atoms with Gasteiger partial charge in [-0.15, -0.1) is 0 Å². The first-order valence-electron chi connectivity index (χ1n) is 10.9. The minimum absolute atomic E-state index is 0.0660. The number of rotatable bonds is 7. The summed E-state index contributed by atoms with van der Waals surface area (Å²) in [5.41, 5.74) is 1.84. The van der Waals surface area contributed by atoms with E-state index >= 15 is 0 Å². The Hall–Kier alpha value is -3.92. The molecule has 2 aliphatic rings. The first kappa shape index (κ1) is 21.9. The number of pyridine rings is 1. The van der Waals surface area contributed by atoms with Gasteiger partial charge < -0.3 is 24.8 Å². The molecule has 2 aliphatic heterocycles. The summed E-state index contributed by atoms with van der Waals surface area (Å²) in [6.45, 7) is 4.53. The molecular formula is C24H24N4O6. The van der Waals surface area contributed by atoms with Crippen molar-refractivity contribution in [2.75, 3.05) is 38.2 Å². The number of hydrogen-bond acceptors (Lipinski definition) is 7. The standard InChI is InChI=1S/C24H24N4O6/c1-24(12-33-13-24)14-34-17-6-7-19(20(9-17)28(31)32)25-21-8-5-15-3-2-4-18(22(15)26-21)16-10-27(11-16)23(29)30/h2-9,16H,10-14H2,1H3,(H,25,26)(H,29,30). The Labute approximate surface area is 195 Å². The Bertz CT molecular complexity index is 1270. The van der Waals surface area contributed by atoms with Crippen molar-refractivity contribution in [3.05, 3.63) is 64.2 Å². The minimum Gasteiger partial charge on any atom is -0.493 e. The first-order chi connectivity index (χ1) is 16.3. The molecule has 34 heavy (non-hydrogen) atoms. The number of carboxylic acid groups (broad SMARTS) is 1. The molecule has 176 valence electrons. The molecule has 2 aromatic carbocycles. The van der Waals surface area contributed by atoms with Gasteiger partial charge in [0.15, 0.2) is 0 Å². The molecule has 0 bridgehead atoms. The molecule has 0 atom stereocenters. The smallest absolute Gasteiger partial charge is 0.407 e. The van der Waals surface area contributed by atoms with Crippen LogP contribution < -0.4 is 10.1 Å². The highest BCUT2D eigenvalue weighted by atomic mass is 16.6. The molecule has 3 heterocycles. The highest BCUT2D eigenvalue weighted by Gasteiger charge is 2.35. The molecule has 2 saturated heterocycles. The fourth-order valence-electron chi connectivity index (χ4n) is 4.19. The number of fused-ring (bicyclic) bond motifs is 1. The number of hydrogen-bond donors (Lipinski definition) is 2. The second kappa shape index (κ2) is 8.45. The summed E-state index contributed by atoms with van der Waals surface area (Å²) in [4.78, 5) is 28.5. The highest BCUT2D eigenvalue weighted by Crippen LogP contribution is 2.35. The minimum atomic E-state index is -0.929. The van der Waals surface area contributed by atoms with E-state index in [4.69, 9.17) is 19.6 Å². The lowest BCUT2D eigenvalue weighted by atomic mass is 9.90. The normalized spacial score (nSPS) is 17.0. The molecule has 10 nitrogen and oxygen atoms in total. The van der Waals surface area contributed by atoms with E-state index in [0.717, 1.165) is 16.5 Å². The number of ether oxygens (including phenoxy) is 2. The third-order valence-electron chi connectivity index (χ3n) is 6.26. The largest absolute Gasteiger partial charge is 0.493 e. The van der Waals surface area contributed by atoms with Crippen LogP contribution in [0.15, 0.2) is 48.5 Å². The number of likely N-dealkylation sites (tertiary alicyclic amines) is 1. The van der Waals surface area contributed by atoms with Crippen LogP contribution in [-0.4, -0.2) is 58.9 Å². The summed E-state index contributed by atoms with van der Waals surface area (Å²) in [6.07, 6.45) is -0.929. The Kier molecular flexibility index (Phi) is 5.45. The van der Waals surface area contributed by atoms with Crippen LogP contribution in [0.3, 0.4) is 0 Å². The molecule has 3 aromatic rings. The van der Waals surface area contributed by atoms with E-state index < -0.39 is 11.0 Å². The van der Waals surface area contributed by atoms with Gasteiger partial charge in [-0.1, -0.05) is 25.1 Å². The Balaban J connectivity index is 1.38. The fourth-order valence-corrected chi connectivity index (χ4v) is 4.19. The summed E-state index contributed by atoms with van der Waals surface area (Å²) >= 11 is 0. The monoisotopic (exact) mass is 464 g/mol. The Morgan fingerprint density at radius 1 is 1.29 bits per heavy atom. The number of para-hydroxylation sites is 1. The quantitative estimate of drug-likeness (QED) is 0.390. The molecule has 0 aliphatic carbocycles. The van der Waals surface area contributed by atoms with Gasteiger partial charge >= 0.3 is 6.09 Å². The average molecular weight is 464 g/mol. The van der Waals surface area contributed by atoms with E-state index in [1.807, 2.05) is 31.2 Å². The number of amides is 1. The number of benzene rings is 2. The van der Waals surface area contributed by atoms with Crippen molar-refractivity contribution in [3.8, 4) is 5.75 Å². The van der Waals surface area contributed by atoms with Crippen LogP contribution in [0.2, 0.25) is 0 Å². The molecule has 2 N–H and O–H groups in total. The molecule has 2 fully saturated rings. The molecule has 1 amide bonds. The van der Waals surface area contributed by atoms with Gasteiger partial charge in [0, 0.05) is 29.8 Å². The molecule has 0 spiro atoms. The molecule has 0 unspecified atom stereocenters. The van der Waals surface area contributed by atoms with E-state index in [1.54, 1.807) is 18.2 Å². The maximum absolute atomic E-state index is 11.7. The summed E-state index contributed by atoms with van der Waals surface area (Å²) < 4.78 is 11.0. The number of nitro groups is 1. The second-order valence-electron chi connectivity index (χ2n) is 9.15. The zero-order valence-corrected chi connectivity index (χ0v) is 18.6. The van der Waals surface area contributed by atoms with Crippen molar-refractivity contribution in [1.82, 2.24) is 9.88 Å². The van der Waals surface area contributed by atoms with E-state index in [1.165, 1.54) is 11.0 Å². The lowest BCUT2D eigenvalue weighted by Crippen LogP contribution is -2.47. The molecular weight excluding hydrogens is 440 g/mol. The molecule has 10 heteroatoms. The summed E-state index contributed by atoms with van der Waals surface area (Å²) in [5, 5.41) is 24.9. The van der Waals surface area contributed by atoms with Crippen LogP contribution in [0.1, 0.15) is 18.4 Å². The van der Waals surface area contributed by atoms with Gasteiger partial charge in [-0.2, -0.15) is 0 Å². The predicted octanol–water partition coefficient (Wildman–Crippen LogP) is 4.38. The Morgan fingerprint density at radius 2 is 2.09 bits per heavy atom. The number of nitrogens with zero attached hydrogens (tertiary/aromatic N) is 3. The summed E-state index contributed by atoms with van der Waals surface area (Å²) in [5.74, 6) is 0.952. The zero-order chi connectivity index (χ0) is 23.9. The summed E-state index contributed by atoms with van der Waals surface area (Å²) in [7, 11) is 0. The van der Waals surface area contributed by atoms with Gasteiger partial charge in [0.05, 0.1) is 36.3 Å². The van der Waals surface area contributed by atoms with Crippen LogP contribution in [0.25, 0.3) is 10.9 Å². The lowest BCUT2D eigenvalue weighted by Gasteiger charge is -2.37. The third kappa shape index (κ3) is 4.19. The number of carbonyl (C=O) groups is 1. The van der Waals surface area contributed by atoms with Crippen LogP contribution in [0, 0.1) is 15.5 Å². The first-order valence-corrected chi connectivity index (χ1v) is 10.9. The van der Waals surface area contributed by atoms with Crippen LogP contribution >= 0.6 is 0 Å². The molecule has 0 radical (unpaired) electrons. The van der Waals surface area contributed by atoms with Crippen LogP contribution in [0.5, 0.6) is 5.75 Å². The average Bonchev–Trinajstić information content (AvgIpc) is 2.76. The van der Waals surface area contributed by atoms with E-state index in [2.05, 4.69) is 5.32 Å². The van der Waals surface area contributed by atoms with Gasteiger partial charge in [0.1, 0.15) is 17.3 Å². The van der Waals surface area contributed by atoms with E-state index in [-0.39, 0.29) is 17.0 Å². The zero-order valence-electron chi connectivity index (χ0n) is 18.6. The van der Waals surface area contributed by atoms with Crippen molar-refractivity contribution in [2.24, 2.45) is 5.41 Å². The SMILES string of the molecule is CC1(COc2ccc(Nc3ccc4cccc(C5CN(C(=O)O)C5)c4n3)c([N+](=O)[O-])c2)COC1. The topological polar surface area (TPSA) is 127 Å². The van der Waals surface area contributed by atoms with Crippen molar-refractivity contribution in [3.63, 3.8) is 0 Å². The fraction of sp³-hybridized carbons (Fsp3) is 0.333. The molecule has 1 aromatic heterocycles. The van der Waals surface area contributed by atoms with Gasteiger partial charge in [-0.3, -0.25) is 10.1 Å². The molecule has 5 rings (SSSR count). The van der Waals surface area contributed by atoms with Crippen LogP contribution in [-0.2, 0) is 4.74 Å².